The Balaban J connectivity index is 1.65. The topological polar surface area (TPSA) is 24.9 Å². The second-order valence-electron chi connectivity index (χ2n) is 6.27. The summed E-state index contributed by atoms with van der Waals surface area (Å²) < 4.78 is 0. The first-order valence-corrected chi connectivity index (χ1v) is 7.44. The van der Waals surface area contributed by atoms with Crippen LogP contribution in [0.1, 0.15) is 56.8 Å². The number of pyridine rings is 1. The fourth-order valence-corrected chi connectivity index (χ4v) is 3.56. The molecule has 0 saturated heterocycles. The predicted octanol–water partition coefficient (Wildman–Crippen LogP) is 3.48. The van der Waals surface area contributed by atoms with Crippen LogP contribution in [0.4, 0.5) is 0 Å². The molecule has 1 aromatic rings. The van der Waals surface area contributed by atoms with Crippen LogP contribution in [0.3, 0.4) is 0 Å². The molecule has 1 saturated carbocycles. The average molecular weight is 244 g/mol. The van der Waals surface area contributed by atoms with E-state index < -0.39 is 0 Å². The standard InChI is InChI=1S/C16H24N2/c1-11-5-7-14(10-12(11)2)18-15-8-6-13-4-3-9-17-16(13)15/h3-4,9,11-12,14-15,18H,5-8,10H2,1-2H3. The smallest absolute Gasteiger partial charge is 0.0605 e. The fraction of sp³-hybridized carbons (Fsp3) is 0.688. The van der Waals surface area contributed by atoms with Gasteiger partial charge in [-0.05, 0) is 55.6 Å². The van der Waals surface area contributed by atoms with Crippen LogP contribution in [0.25, 0.3) is 0 Å². The second-order valence-corrected chi connectivity index (χ2v) is 6.27. The molecular formula is C16H24N2. The third-order valence-electron chi connectivity index (χ3n) is 4.99. The van der Waals surface area contributed by atoms with E-state index in [2.05, 4.69) is 36.3 Å². The van der Waals surface area contributed by atoms with Crippen molar-refractivity contribution in [3.8, 4) is 0 Å². The molecule has 0 radical (unpaired) electrons. The Bertz CT molecular complexity index is 415. The lowest BCUT2D eigenvalue weighted by molar-refractivity contribution is 0.214. The summed E-state index contributed by atoms with van der Waals surface area (Å²) in [6.45, 7) is 4.80. The van der Waals surface area contributed by atoms with Crippen molar-refractivity contribution in [2.24, 2.45) is 11.8 Å². The van der Waals surface area contributed by atoms with Crippen molar-refractivity contribution >= 4 is 0 Å². The zero-order valence-electron chi connectivity index (χ0n) is 11.5. The Kier molecular flexibility index (Phi) is 3.38. The third-order valence-corrected chi connectivity index (χ3v) is 4.99. The number of hydrogen-bond donors (Lipinski definition) is 1. The Morgan fingerprint density at radius 1 is 1.17 bits per heavy atom. The van der Waals surface area contributed by atoms with Crippen molar-refractivity contribution in [1.29, 1.82) is 0 Å². The molecule has 2 aliphatic carbocycles. The average Bonchev–Trinajstić information content (AvgIpc) is 2.78. The molecule has 0 aliphatic heterocycles. The first-order valence-electron chi connectivity index (χ1n) is 7.44. The normalized spacial score (nSPS) is 35.4. The van der Waals surface area contributed by atoms with Crippen LogP contribution in [0.5, 0.6) is 0 Å². The number of aryl methyl sites for hydroxylation is 1. The van der Waals surface area contributed by atoms with Gasteiger partial charge in [0.05, 0.1) is 11.7 Å². The molecule has 0 aromatic carbocycles. The van der Waals surface area contributed by atoms with E-state index in [1.807, 2.05) is 6.20 Å². The highest BCUT2D eigenvalue weighted by molar-refractivity contribution is 5.28. The van der Waals surface area contributed by atoms with E-state index in [0.29, 0.717) is 12.1 Å². The zero-order chi connectivity index (χ0) is 12.5. The molecule has 18 heavy (non-hydrogen) atoms. The van der Waals surface area contributed by atoms with Gasteiger partial charge in [0, 0.05) is 12.2 Å². The number of nitrogens with one attached hydrogen (secondary N) is 1. The van der Waals surface area contributed by atoms with Gasteiger partial charge < -0.3 is 5.32 Å². The van der Waals surface area contributed by atoms with Gasteiger partial charge in [-0.25, -0.2) is 0 Å². The van der Waals surface area contributed by atoms with Crippen molar-refractivity contribution in [1.82, 2.24) is 10.3 Å². The maximum atomic E-state index is 4.58. The van der Waals surface area contributed by atoms with Gasteiger partial charge in [-0.1, -0.05) is 19.9 Å². The van der Waals surface area contributed by atoms with Crippen LogP contribution >= 0.6 is 0 Å². The lowest BCUT2D eigenvalue weighted by Gasteiger charge is -2.34. The van der Waals surface area contributed by atoms with Gasteiger partial charge in [0.25, 0.3) is 0 Å². The van der Waals surface area contributed by atoms with Crippen LogP contribution in [0, 0.1) is 11.8 Å². The highest BCUT2D eigenvalue weighted by Gasteiger charge is 2.29. The summed E-state index contributed by atoms with van der Waals surface area (Å²) in [5.74, 6) is 1.76. The molecule has 0 amide bonds. The molecule has 2 aliphatic rings. The number of rotatable bonds is 2. The van der Waals surface area contributed by atoms with Crippen LogP contribution < -0.4 is 5.32 Å². The molecule has 1 aromatic heterocycles. The monoisotopic (exact) mass is 244 g/mol. The molecule has 2 heteroatoms. The van der Waals surface area contributed by atoms with Crippen LogP contribution in [0.15, 0.2) is 18.3 Å². The third kappa shape index (κ3) is 2.31. The highest BCUT2D eigenvalue weighted by Crippen LogP contribution is 2.34. The van der Waals surface area contributed by atoms with E-state index in [4.69, 9.17) is 0 Å². The van der Waals surface area contributed by atoms with Gasteiger partial charge in [0.2, 0.25) is 0 Å². The number of aromatic nitrogens is 1. The summed E-state index contributed by atoms with van der Waals surface area (Å²) in [5.41, 5.74) is 2.76. The minimum Gasteiger partial charge on any atom is -0.306 e. The maximum Gasteiger partial charge on any atom is 0.0605 e. The Morgan fingerprint density at radius 2 is 2.06 bits per heavy atom. The summed E-state index contributed by atoms with van der Waals surface area (Å²) in [6.07, 6.45) is 8.40. The van der Waals surface area contributed by atoms with Crippen LogP contribution in [0.2, 0.25) is 0 Å². The Labute approximate surface area is 110 Å². The maximum absolute atomic E-state index is 4.58. The second kappa shape index (κ2) is 5.00. The van der Waals surface area contributed by atoms with E-state index in [1.165, 1.54) is 43.4 Å². The van der Waals surface area contributed by atoms with Crippen molar-refractivity contribution in [3.05, 3.63) is 29.6 Å². The summed E-state index contributed by atoms with van der Waals surface area (Å²) in [6, 6.07) is 5.50. The molecule has 98 valence electrons. The summed E-state index contributed by atoms with van der Waals surface area (Å²) in [7, 11) is 0. The largest absolute Gasteiger partial charge is 0.306 e. The van der Waals surface area contributed by atoms with E-state index in [1.54, 1.807) is 0 Å². The number of fused-ring (bicyclic) bond motifs is 1. The van der Waals surface area contributed by atoms with Crippen molar-refractivity contribution in [3.63, 3.8) is 0 Å². The molecule has 1 N–H and O–H groups in total. The first-order chi connectivity index (χ1) is 8.74. The summed E-state index contributed by atoms with van der Waals surface area (Å²) >= 11 is 0. The minimum atomic E-state index is 0.506. The molecular weight excluding hydrogens is 220 g/mol. The van der Waals surface area contributed by atoms with E-state index >= 15 is 0 Å². The molecule has 4 atom stereocenters. The van der Waals surface area contributed by atoms with Gasteiger partial charge in [0.15, 0.2) is 0 Å². The van der Waals surface area contributed by atoms with Crippen LogP contribution in [-0.2, 0) is 6.42 Å². The van der Waals surface area contributed by atoms with E-state index in [0.717, 1.165) is 11.8 Å². The highest BCUT2D eigenvalue weighted by atomic mass is 15.0. The quantitative estimate of drug-likeness (QED) is 0.861. The van der Waals surface area contributed by atoms with Gasteiger partial charge >= 0.3 is 0 Å². The lowest BCUT2D eigenvalue weighted by atomic mass is 9.79. The molecule has 3 rings (SSSR count). The molecule has 0 bridgehead atoms. The SMILES string of the molecule is CC1CCC(NC2CCc3cccnc32)CC1C. The number of nitrogens with zero attached hydrogens (tertiary/aromatic N) is 1. The van der Waals surface area contributed by atoms with Gasteiger partial charge in [-0.15, -0.1) is 0 Å². The molecule has 1 heterocycles. The van der Waals surface area contributed by atoms with Crippen molar-refractivity contribution in [2.45, 2.75) is 58.0 Å². The summed E-state index contributed by atoms with van der Waals surface area (Å²) in [4.78, 5) is 4.58. The van der Waals surface area contributed by atoms with Gasteiger partial charge in [-0.2, -0.15) is 0 Å². The van der Waals surface area contributed by atoms with Gasteiger partial charge in [0.1, 0.15) is 0 Å². The molecule has 1 fully saturated rings. The molecule has 0 spiro atoms. The van der Waals surface area contributed by atoms with E-state index in [-0.39, 0.29) is 0 Å². The Hall–Kier alpha value is -0.890. The first kappa shape index (κ1) is 12.2. The van der Waals surface area contributed by atoms with Crippen molar-refractivity contribution in [2.75, 3.05) is 0 Å². The summed E-state index contributed by atoms with van der Waals surface area (Å²) in [5, 5.41) is 3.86. The lowest BCUT2D eigenvalue weighted by Crippen LogP contribution is -2.38. The van der Waals surface area contributed by atoms with E-state index in [9.17, 15) is 0 Å². The van der Waals surface area contributed by atoms with Crippen LogP contribution in [-0.4, -0.2) is 11.0 Å². The minimum absolute atomic E-state index is 0.506. The fourth-order valence-electron chi connectivity index (χ4n) is 3.56. The molecule has 2 nitrogen and oxygen atoms in total. The zero-order valence-corrected chi connectivity index (χ0v) is 11.5. The number of hydrogen-bond acceptors (Lipinski definition) is 2. The molecule has 4 unspecified atom stereocenters. The van der Waals surface area contributed by atoms with Gasteiger partial charge in [-0.3, -0.25) is 4.98 Å². The van der Waals surface area contributed by atoms with Crippen molar-refractivity contribution < 1.29 is 0 Å². The predicted molar refractivity (Wildman–Crippen MR) is 74.4 cm³/mol. The Morgan fingerprint density at radius 3 is 2.89 bits per heavy atom.